The predicted octanol–water partition coefficient (Wildman–Crippen LogP) is 2.49. The van der Waals surface area contributed by atoms with Crippen LogP contribution < -0.4 is 4.90 Å². The van der Waals surface area contributed by atoms with Gasteiger partial charge in [-0.1, -0.05) is 34.8 Å². The highest BCUT2D eigenvalue weighted by Crippen LogP contribution is 2.30. The van der Waals surface area contributed by atoms with Gasteiger partial charge in [-0.25, -0.2) is 4.98 Å². The van der Waals surface area contributed by atoms with Crippen LogP contribution in [0.5, 0.6) is 0 Å². The van der Waals surface area contributed by atoms with Crippen LogP contribution in [0.2, 0.25) is 15.2 Å². The summed E-state index contributed by atoms with van der Waals surface area (Å²) < 4.78 is 4.98. The first-order chi connectivity index (χ1) is 8.10. The van der Waals surface area contributed by atoms with Gasteiger partial charge in [0.2, 0.25) is 0 Å². The van der Waals surface area contributed by atoms with Crippen LogP contribution in [0.3, 0.4) is 0 Å². The minimum absolute atomic E-state index is 0.0119. The first kappa shape index (κ1) is 14.8. The van der Waals surface area contributed by atoms with Crippen molar-refractivity contribution in [1.29, 1.82) is 0 Å². The van der Waals surface area contributed by atoms with E-state index < -0.39 is 0 Å². The summed E-state index contributed by atoms with van der Waals surface area (Å²) in [5.74, 6) is 0.493. The zero-order valence-corrected chi connectivity index (χ0v) is 11.6. The van der Waals surface area contributed by atoms with E-state index in [-0.39, 0.29) is 11.8 Å². The highest BCUT2D eigenvalue weighted by Gasteiger charge is 2.14. The van der Waals surface area contributed by atoms with E-state index >= 15 is 0 Å². The molecule has 0 aliphatic carbocycles. The molecule has 4 nitrogen and oxygen atoms in total. The van der Waals surface area contributed by atoms with Gasteiger partial charge < -0.3 is 14.7 Å². The van der Waals surface area contributed by atoms with Crippen LogP contribution in [0.15, 0.2) is 6.07 Å². The lowest BCUT2D eigenvalue weighted by Gasteiger charge is -2.23. The second-order valence-corrected chi connectivity index (χ2v) is 4.44. The zero-order valence-electron chi connectivity index (χ0n) is 9.29. The first-order valence-corrected chi connectivity index (χ1v) is 6.09. The standard InChI is InChI=1S/C10H13Cl3N2O2/c1-17-5-3-15(2-4-16)10-8(12)6-7(11)9(13)14-10/h6,16H,2-5H2,1H3. The lowest BCUT2D eigenvalue weighted by Crippen LogP contribution is -2.31. The topological polar surface area (TPSA) is 45.6 Å². The van der Waals surface area contributed by atoms with Crippen molar-refractivity contribution >= 4 is 40.6 Å². The van der Waals surface area contributed by atoms with E-state index in [1.54, 1.807) is 12.0 Å². The van der Waals surface area contributed by atoms with E-state index in [4.69, 9.17) is 44.6 Å². The molecule has 0 atom stereocenters. The molecular formula is C10H13Cl3N2O2. The number of aliphatic hydroxyl groups is 1. The zero-order chi connectivity index (χ0) is 12.8. The Hall–Kier alpha value is -0.260. The molecule has 0 saturated heterocycles. The van der Waals surface area contributed by atoms with E-state index in [1.807, 2.05) is 0 Å². The largest absolute Gasteiger partial charge is 0.395 e. The maximum Gasteiger partial charge on any atom is 0.150 e. The fourth-order valence-electron chi connectivity index (χ4n) is 1.30. The summed E-state index contributed by atoms with van der Waals surface area (Å²) in [6.45, 7) is 1.44. The minimum atomic E-state index is -0.0119. The molecule has 7 heteroatoms. The van der Waals surface area contributed by atoms with Crippen LogP contribution in [0.25, 0.3) is 0 Å². The third-order valence-electron chi connectivity index (χ3n) is 2.10. The minimum Gasteiger partial charge on any atom is -0.395 e. The van der Waals surface area contributed by atoms with E-state index in [9.17, 15) is 0 Å². The van der Waals surface area contributed by atoms with Crippen LogP contribution in [-0.4, -0.2) is 43.5 Å². The number of hydrogen-bond acceptors (Lipinski definition) is 4. The summed E-state index contributed by atoms with van der Waals surface area (Å²) in [5, 5.41) is 9.88. The number of pyridine rings is 1. The Morgan fingerprint density at radius 3 is 2.59 bits per heavy atom. The number of ether oxygens (including phenoxy) is 1. The third-order valence-corrected chi connectivity index (χ3v) is 3.05. The van der Waals surface area contributed by atoms with Gasteiger partial charge in [-0.3, -0.25) is 0 Å². The molecule has 0 aromatic carbocycles. The molecule has 96 valence electrons. The van der Waals surface area contributed by atoms with Gasteiger partial charge in [-0.2, -0.15) is 0 Å². The van der Waals surface area contributed by atoms with Crippen molar-refractivity contribution in [3.63, 3.8) is 0 Å². The lowest BCUT2D eigenvalue weighted by atomic mass is 10.4. The summed E-state index contributed by atoms with van der Waals surface area (Å²) in [5.41, 5.74) is 0. The molecule has 0 bridgehead atoms. The van der Waals surface area contributed by atoms with Crippen molar-refractivity contribution in [2.75, 3.05) is 38.3 Å². The normalized spacial score (nSPS) is 10.6. The van der Waals surface area contributed by atoms with Crippen molar-refractivity contribution in [3.8, 4) is 0 Å². The fraction of sp³-hybridized carbons (Fsp3) is 0.500. The number of methoxy groups -OCH3 is 1. The van der Waals surface area contributed by atoms with Crippen LogP contribution in [0.1, 0.15) is 0 Å². The molecule has 0 aliphatic heterocycles. The lowest BCUT2D eigenvalue weighted by molar-refractivity contribution is 0.202. The number of aliphatic hydroxyl groups excluding tert-OH is 1. The second-order valence-electron chi connectivity index (χ2n) is 3.27. The quantitative estimate of drug-likeness (QED) is 0.820. The van der Waals surface area contributed by atoms with E-state index in [2.05, 4.69) is 4.98 Å². The summed E-state index contributed by atoms with van der Waals surface area (Å²) in [7, 11) is 1.60. The maximum absolute atomic E-state index is 9.00. The molecule has 0 amide bonds. The summed E-state index contributed by atoms with van der Waals surface area (Å²) in [6.07, 6.45) is 0. The Morgan fingerprint density at radius 1 is 1.29 bits per heavy atom. The van der Waals surface area contributed by atoms with Gasteiger partial charge in [0.05, 0.1) is 23.3 Å². The molecule has 1 aromatic rings. The Kier molecular flexibility index (Phi) is 6.30. The number of rotatable bonds is 6. The molecule has 0 fully saturated rings. The maximum atomic E-state index is 9.00. The van der Waals surface area contributed by atoms with Crippen molar-refractivity contribution in [1.82, 2.24) is 4.98 Å². The molecular weight excluding hydrogens is 286 g/mol. The SMILES string of the molecule is COCCN(CCO)c1nc(Cl)c(Cl)cc1Cl. The number of anilines is 1. The molecule has 1 rings (SSSR count). The van der Waals surface area contributed by atoms with Crippen LogP contribution in [0.4, 0.5) is 5.82 Å². The van der Waals surface area contributed by atoms with Crippen molar-refractivity contribution in [2.45, 2.75) is 0 Å². The molecule has 0 saturated carbocycles. The predicted molar refractivity (Wildman–Crippen MR) is 70.4 cm³/mol. The molecule has 0 unspecified atom stereocenters. The van der Waals surface area contributed by atoms with Crippen LogP contribution >= 0.6 is 34.8 Å². The van der Waals surface area contributed by atoms with Crippen molar-refractivity contribution < 1.29 is 9.84 Å². The Bertz CT molecular complexity index is 377. The summed E-state index contributed by atoms with van der Waals surface area (Å²) in [6, 6.07) is 1.53. The third kappa shape index (κ3) is 4.16. The van der Waals surface area contributed by atoms with E-state index in [0.717, 1.165) is 0 Å². The van der Waals surface area contributed by atoms with Gasteiger partial charge in [-0.15, -0.1) is 0 Å². The highest BCUT2D eigenvalue weighted by atomic mass is 35.5. The first-order valence-electron chi connectivity index (χ1n) is 4.96. The second kappa shape index (κ2) is 7.24. The monoisotopic (exact) mass is 298 g/mol. The summed E-state index contributed by atoms with van der Waals surface area (Å²) in [4.78, 5) is 5.89. The molecule has 1 heterocycles. The number of hydrogen-bond donors (Lipinski definition) is 1. The molecule has 0 aliphatic rings. The molecule has 1 aromatic heterocycles. The van der Waals surface area contributed by atoms with Crippen molar-refractivity contribution in [2.24, 2.45) is 0 Å². The highest BCUT2D eigenvalue weighted by molar-refractivity contribution is 6.42. The number of aromatic nitrogens is 1. The Labute approximate surface area is 115 Å². The van der Waals surface area contributed by atoms with Gasteiger partial charge in [-0.05, 0) is 6.07 Å². The summed E-state index contributed by atoms with van der Waals surface area (Å²) >= 11 is 17.7. The molecule has 0 radical (unpaired) electrons. The molecule has 17 heavy (non-hydrogen) atoms. The fourth-order valence-corrected chi connectivity index (χ4v) is 1.92. The Morgan fingerprint density at radius 2 is 2.00 bits per heavy atom. The molecule has 0 spiro atoms. The van der Waals surface area contributed by atoms with Gasteiger partial charge in [0.1, 0.15) is 11.0 Å². The average Bonchev–Trinajstić information content (AvgIpc) is 2.29. The van der Waals surface area contributed by atoms with Crippen molar-refractivity contribution in [3.05, 3.63) is 21.3 Å². The van der Waals surface area contributed by atoms with Crippen LogP contribution in [-0.2, 0) is 4.74 Å². The van der Waals surface area contributed by atoms with Gasteiger partial charge in [0.15, 0.2) is 0 Å². The van der Waals surface area contributed by atoms with Gasteiger partial charge in [0.25, 0.3) is 0 Å². The Balaban J connectivity index is 2.96. The van der Waals surface area contributed by atoms with Crippen LogP contribution in [0, 0.1) is 0 Å². The van der Waals surface area contributed by atoms with Gasteiger partial charge >= 0.3 is 0 Å². The number of halogens is 3. The van der Waals surface area contributed by atoms with E-state index in [1.165, 1.54) is 6.07 Å². The van der Waals surface area contributed by atoms with Gasteiger partial charge in [0, 0.05) is 20.2 Å². The average molecular weight is 300 g/mol. The van der Waals surface area contributed by atoms with E-state index in [0.29, 0.717) is 35.6 Å². The molecule has 1 N–H and O–H groups in total. The number of nitrogens with zero attached hydrogens (tertiary/aromatic N) is 2. The smallest absolute Gasteiger partial charge is 0.150 e.